The van der Waals surface area contributed by atoms with Crippen molar-refractivity contribution in [1.29, 1.82) is 0 Å². The minimum atomic E-state index is -0.812. The van der Waals surface area contributed by atoms with E-state index in [4.69, 9.17) is 4.74 Å². The third kappa shape index (κ3) is 3.50. The lowest BCUT2D eigenvalue weighted by molar-refractivity contribution is -0.0989. The Morgan fingerprint density at radius 3 is 2.92 bits per heavy atom. The SMILES string of the molecule is CN1CCCC(CN2CCC3(CC2)OCCc2sc(C(=O)O)cc23)C1. The molecule has 1 atom stereocenters. The monoisotopic (exact) mass is 364 g/mol. The van der Waals surface area contributed by atoms with E-state index in [1.54, 1.807) is 0 Å². The molecule has 138 valence electrons. The van der Waals surface area contributed by atoms with Crippen molar-refractivity contribution in [3.8, 4) is 0 Å². The number of carbonyl (C=O) groups is 1. The molecule has 4 rings (SSSR count). The first-order valence-corrected chi connectivity index (χ1v) is 10.3. The summed E-state index contributed by atoms with van der Waals surface area (Å²) in [5.41, 5.74) is 0.927. The lowest BCUT2D eigenvalue weighted by Gasteiger charge is -2.45. The normalized spacial score (nSPS) is 27.3. The van der Waals surface area contributed by atoms with Gasteiger partial charge in [0.05, 0.1) is 12.2 Å². The number of fused-ring (bicyclic) bond motifs is 2. The second kappa shape index (κ2) is 6.99. The van der Waals surface area contributed by atoms with Crippen LogP contribution in [0.2, 0.25) is 0 Å². The van der Waals surface area contributed by atoms with Gasteiger partial charge < -0.3 is 19.6 Å². The van der Waals surface area contributed by atoms with Crippen LogP contribution in [-0.4, -0.2) is 67.3 Å². The maximum atomic E-state index is 11.3. The first kappa shape index (κ1) is 17.5. The van der Waals surface area contributed by atoms with Gasteiger partial charge in [0.2, 0.25) is 0 Å². The van der Waals surface area contributed by atoms with E-state index in [2.05, 4.69) is 16.8 Å². The third-order valence-electron chi connectivity index (χ3n) is 6.12. The molecule has 1 aromatic rings. The van der Waals surface area contributed by atoms with E-state index in [-0.39, 0.29) is 5.60 Å². The van der Waals surface area contributed by atoms with Crippen LogP contribution in [0.4, 0.5) is 0 Å². The van der Waals surface area contributed by atoms with Gasteiger partial charge in [-0.1, -0.05) is 0 Å². The quantitative estimate of drug-likeness (QED) is 0.894. The van der Waals surface area contributed by atoms with E-state index < -0.39 is 5.97 Å². The van der Waals surface area contributed by atoms with Gasteiger partial charge in [0.25, 0.3) is 0 Å². The van der Waals surface area contributed by atoms with E-state index >= 15 is 0 Å². The molecule has 4 heterocycles. The molecular weight excluding hydrogens is 336 g/mol. The second-order valence-corrected chi connectivity index (χ2v) is 9.05. The minimum absolute atomic E-state index is 0.238. The van der Waals surface area contributed by atoms with Crippen molar-refractivity contribution in [2.75, 3.05) is 46.4 Å². The molecule has 0 saturated carbocycles. The summed E-state index contributed by atoms with van der Waals surface area (Å²) in [6.45, 7) is 6.47. The minimum Gasteiger partial charge on any atom is -0.477 e. The Bertz CT molecular complexity index is 637. The predicted molar refractivity (Wildman–Crippen MR) is 98.5 cm³/mol. The molecule has 0 amide bonds. The summed E-state index contributed by atoms with van der Waals surface area (Å²) in [5.74, 6) is -0.0243. The van der Waals surface area contributed by atoms with Crippen molar-refractivity contribution < 1.29 is 14.6 Å². The number of hydrogen-bond donors (Lipinski definition) is 1. The zero-order valence-electron chi connectivity index (χ0n) is 15.0. The number of piperidine rings is 2. The lowest BCUT2D eigenvalue weighted by atomic mass is 9.82. The molecule has 1 spiro atoms. The van der Waals surface area contributed by atoms with Crippen LogP contribution in [0.15, 0.2) is 6.07 Å². The summed E-state index contributed by atoms with van der Waals surface area (Å²) in [4.78, 5) is 18.1. The predicted octanol–water partition coefficient (Wildman–Crippen LogP) is 2.65. The van der Waals surface area contributed by atoms with Crippen molar-refractivity contribution in [1.82, 2.24) is 9.80 Å². The maximum absolute atomic E-state index is 11.3. The highest BCUT2D eigenvalue weighted by Gasteiger charge is 2.42. The molecule has 0 bridgehead atoms. The topological polar surface area (TPSA) is 53.0 Å². The Hall–Kier alpha value is -0.950. The van der Waals surface area contributed by atoms with Crippen molar-refractivity contribution in [2.24, 2.45) is 5.92 Å². The highest BCUT2D eigenvalue weighted by atomic mass is 32.1. The number of carboxylic acids is 1. The number of ether oxygens (including phenoxy) is 1. The molecule has 1 aromatic heterocycles. The molecular formula is C19H28N2O3S. The summed E-state index contributed by atoms with van der Waals surface area (Å²) in [6.07, 6.45) is 5.49. The van der Waals surface area contributed by atoms with Crippen molar-refractivity contribution in [2.45, 2.75) is 37.7 Å². The van der Waals surface area contributed by atoms with Gasteiger partial charge >= 0.3 is 5.97 Å². The van der Waals surface area contributed by atoms with Gasteiger partial charge in [-0.3, -0.25) is 0 Å². The van der Waals surface area contributed by atoms with Crippen LogP contribution in [0.5, 0.6) is 0 Å². The molecule has 2 saturated heterocycles. The van der Waals surface area contributed by atoms with Crippen LogP contribution in [0.1, 0.15) is 45.8 Å². The summed E-state index contributed by atoms with van der Waals surface area (Å²) >= 11 is 1.44. The van der Waals surface area contributed by atoms with Crippen molar-refractivity contribution in [3.63, 3.8) is 0 Å². The van der Waals surface area contributed by atoms with Crippen LogP contribution in [0.3, 0.4) is 0 Å². The van der Waals surface area contributed by atoms with Gasteiger partial charge in [0.1, 0.15) is 4.88 Å². The average molecular weight is 365 g/mol. The smallest absolute Gasteiger partial charge is 0.345 e. The molecule has 3 aliphatic heterocycles. The molecule has 5 nitrogen and oxygen atoms in total. The summed E-state index contributed by atoms with van der Waals surface area (Å²) in [5, 5.41) is 9.32. The van der Waals surface area contributed by atoms with Gasteiger partial charge in [-0.15, -0.1) is 11.3 Å². The fraction of sp³-hybridized carbons (Fsp3) is 0.737. The van der Waals surface area contributed by atoms with Crippen molar-refractivity contribution >= 4 is 17.3 Å². The van der Waals surface area contributed by atoms with E-state index in [1.165, 1.54) is 48.7 Å². The van der Waals surface area contributed by atoms with Gasteiger partial charge in [-0.05, 0) is 56.8 Å². The van der Waals surface area contributed by atoms with Crippen LogP contribution in [0.25, 0.3) is 0 Å². The summed E-state index contributed by atoms with van der Waals surface area (Å²) in [7, 11) is 2.23. The van der Waals surface area contributed by atoms with E-state index in [1.807, 2.05) is 6.07 Å². The molecule has 25 heavy (non-hydrogen) atoms. The molecule has 2 fully saturated rings. The van der Waals surface area contributed by atoms with Crippen molar-refractivity contribution in [3.05, 3.63) is 21.4 Å². The lowest BCUT2D eigenvalue weighted by Crippen LogP contribution is -2.48. The van der Waals surface area contributed by atoms with Crippen LogP contribution < -0.4 is 0 Å². The maximum Gasteiger partial charge on any atom is 0.345 e. The Labute approximate surface area is 153 Å². The Morgan fingerprint density at radius 2 is 2.20 bits per heavy atom. The summed E-state index contributed by atoms with van der Waals surface area (Å²) < 4.78 is 6.26. The number of aromatic carboxylic acids is 1. The highest BCUT2D eigenvalue weighted by Crippen LogP contribution is 2.44. The Morgan fingerprint density at radius 1 is 1.40 bits per heavy atom. The molecule has 1 unspecified atom stereocenters. The first-order valence-electron chi connectivity index (χ1n) is 9.47. The number of thiophene rings is 1. The molecule has 6 heteroatoms. The number of likely N-dealkylation sites (tertiary alicyclic amines) is 2. The highest BCUT2D eigenvalue weighted by molar-refractivity contribution is 7.14. The zero-order chi connectivity index (χ0) is 17.4. The third-order valence-corrected chi connectivity index (χ3v) is 7.30. The Kier molecular flexibility index (Phi) is 4.88. The number of carboxylic acid groups (broad SMARTS) is 1. The fourth-order valence-electron chi connectivity index (χ4n) is 4.82. The van der Waals surface area contributed by atoms with Crippen LogP contribution in [-0.2, 0) is 16.8 Å². The Balaban J connectivity index is 1.42. The number of hydrogen-bond acceptors (Lipinski definition) is 5. The van der Waals surface area contributed by atoms with E-state index in [9.17, 15) is 9.90 Å². The molecule has 0 aromatic carbocycles. The molecule has 3 aliphatic rings. The molecule has 1 N–H and O–H groups in total. The zero-order valence-corrected chi connectivity index (χ0v) is 15.8. The van der Waals surface area contributed by atoms with Gasteiger partial charge in [-0.2, -0.15) is 0 Å². The average Bonchev–Trinajstić information content (AvgIpc) is 3.04. The van der Waals surface area contributed by atoms with Gasteiger partial charge in [0, 0.05) is 37.5 Å². The first-order chi connectivity index (χ1) is 12.1. The largest absolute Gasteiger partial charge is 0.477 e. The second-order valence-electron chi connectivity index (χ2n) is 7.92. The van der Waals surface area contributed by atoms with Crippen LogP contribution in [0, 0.1) is 5.92 Å². The summed E-state index contributed by atoms with van der Waals surface area (Å²) in [6, 6.07) is 1.88. The number of nitrogens with zero attached hydrogens (tertiary/aromatic N) is 2. The standard InChI is InChI=1S/C19H28N2O3S/c1-20-7-2-3-14(12-20)13-21-8-5-19(6-9-21)15-11-17(18(22)23)25-16(15)4-10-24-19/h11,14H,2-10,12-13H2,1H3,(H,22,23). The van der Waals surface area contributed by atoms with E-state index in [0.29, 0.717) is 4.88 Å². The van der Waals surface area contributed by atoms with E-state index in [0.717, 1.165) is 50.4 Å². The fourth-order valence-corrected chi connectivity index (χ4v) is 5.89. The van der Waals surface area contributed by atoms with Gasteiger partial charge in [-0.25, -0.2) is 4.79 Å². The van der Waals surface area contributed by atoms with Gasteiger partial charge in [0.15, 0.2) is 0 Å². The molecule has 0 radical (unpaired) electrons. The van der Waals surface area contributed by atoms with Crippen LogP contribution >= 0.6 is 11.3 Å². The molecule has 0 aliphatic carbocycles. The number of rotatable bonds is 3.